The van der Waals surface area contributed by atoms with E-state index < -0.39 is 11.7 Å². The van der Waals surface area contributed by atoms with Crippen LogP contribution in [0, 0.1) is 0 Å². The van der Waals surface area contributed by atoms with Gasteiger partial charge < -0.3 is 9.80 Å². The quantitative estimate of drug-likeness (QED) is 0.512. The zero-order chi connectivity index (χ0) is 20.4. The highest BCUT2D eigenvalue weighted by Crippen LogP contribution is 2.16. The van der Waals surface area contributed by atoms with E-state index in [1.165, 1.54) is 4.90 Å². The molecule has 0 spiro atoms. The molecule has 2 heterocycles. The van der Waals surface area contributed by atoms with E-state index >= 15 is 0 Å². The van der Waals surface area contributed by atoms with Crippen molar-refractivity contribution in [2.45, 2.75) is 13.0 Å². The van der Waals surface area contributed by atoms with Crippen molar-refractivity contribution in [2.75, 3.05) is 19.6 Å². The molecule has 2 aromatic carbocycles. The van der Waals surface area contributed by atoms with Gasteiger partial charge in [0.1, 0.15) is 5.69 Å². The Bertz CT molecular complexity index is 1080. The van der Waals surface area contributed by atoms with Crippen molar-refractivity contribution in [1.29, 1.82) is 0 Å². The molecular formula is C23H21N3O3. The number of aromatic nitrogens is 1. The van der Waals surface area contributed by atoms with Crippen LogP contribution in [0.25, 0.3) is 10.9 Å². The zero-order valence-corrected chi connectivity index (χ0v) is 16.1. The molecule has 29 heavy (non-hydrogen) atoms. The molecule has 6 nitrogen and oxygen atoms in total. The Hall–Kier alpha value is -3.54. The van der Waals surface area contributed by atoms with E-state index in [1.54, 1.807) is 29.2 Å². The number of benzene rings is 2. The highest BCUT2D eigenvalue weighted by molar-refractivity contribution is 6.42. The fourth-order valence-electron chi connectivity index (χ4n) is 3.64. The Labute approximate surface area is 168 Å². The fourth-order valence-corrected chi connectivity index (χ4v) is 3.64. The van der Waals surface area contributed by atoms with Crippen LogP contribution in [0.2, 0.25) is 0 Å². The van der Waals surface area contributed by atoms with Gasteiger partial charge in [0.15, 0.2) is 0 Å². The maximum Gasteiger partial charge on any atom is 0.297 e. The number of carbonyl (C=O) groups excluding carboxylic acids is 3. The van der Waals surface area contributed by atoms with Crippen molar-refractivity contribution in [3.63, 3.8) is 0 Å². The van der Waals surface area contributed by atoms with Gasteiger partial charge in [0.05, 0.1) is 5.52 Å². The molecule has 146 valence electrons. The second kappa shape index (κ2) is 7.83. The summed E-state index contributed by atoms with van der Waals surface area (Å²) >= 11 is 0. The minimum Gasteiger partial charge on any atom is -0.335 e. The first kappa shape index (κ1) is 18.8. The molecule has 2 amide bonds. The summed E-state index contributed by atoms with van der Waals surface area (Å²) in [6, 6.07) is 19.7. The molecule has 1 aliphatic heterocycles. The predicted octanol–water partition coefficient (Wildman–Crippen LogP) is 2.79. The maximum absolute atomic E-state index is 12.8. The standard InChI is InChI=1S/C23H21N3O3/c1-16-15-25(22(28)18-8-3-2-4-9-18)13-14-26(16)23(29)21(27)20-12-11-17-7-5-6-10-19(17)24-20/h2-12,16H,13-15H2,1H3/t16-/m0/s1. The van der Waals surface area contributed by atoms with Crippen LogP contribution >= 0.6 is 0 Å². The lowest BCUT2D eigenvalue weighted by molar-refractivity contribution is -0.130. The molecule has 1 aliphatic rings. The van der Waals surface area contributed by atoms with Gasteiger partial charge in [-0.3, -0.25) is 14.4 Å². The van der Waals surface area contributed by atoms with Gasteiger partial charge in [0.25, 0.3) is 17.6 Å². The van der Waals surface area contributed by atoms with Gasteiger partial charge in [0.2, 0.25) is 0 Å². The highest BCUT2D eigenvalue weighted by atomic mass is 16.2. The fraction of sp³-hybridized carbons (Fsp3) is 0.217. The van der Waals surface area contributed by atoms with Gasteiger partial charge in [-0.1, -0.05) is 42.5 Å². The number of fused-ring (bicyclic) bond motifs is 1. The molecule has 4 rings (SSSR count). The second-order valence-electron chi connectivity index (χ2n) is 7.18. The number of hydrogen-bond acceptors (Lipinski definition) is 4. The lowest BCUT2D eigenvalue weighted by Crippen LogP contribution is -2.56. The molecule has 6 heteroatoms. The van der Waals surface area contributed by atoms with E-state index in [2.05, 4.69) is 4.98 Å². The van der Waals surface area contributed by atoms with E-state index in [0.717, 1.165) is 5.39 Å². The number of Topliss-reactive ketones (excluding diaryl/α,β-unsaturated/α-hetero) is 1. The monoisotopic (exact) mass is 387 g/mol. The van der Waals surface area contributed by atoms with Crippen LogP contribution in [0.3, 0.4) is 0 Å². The number of para-hydroxylation sites is 1. The molecule has 0 radical (unpaired) electrons. The van der Waals surface area contributed by atoms with E-state index in [0.29, 0.717) is 30.7 Å². The lowest BCUT2D eigenvalue weighted by Gasteiger charge is -2.39. The highest BCUT2D eigenvalue weighted by Gasteiger charge is 2.33. The van der Waals surface area contributed by atoms with Crippen LogP contribution in [-0.4, -0.2) is 58.1 Å². The Morgan fingerprint density at radius 1 is 0.897 bits per heavy atom. The van der Waals surface area contributed by atoms with Gasteiger partial charge in [-0.2, -0.15) is 0 Å². The Morgan fingerprint density at radius 3 is 2.38 bits per heavy atom. The molecule has 3 aromatic rings. The summed E-state index contributed by atoms with van der Waals surface area (Å²) in [6.45, 7) is 2.95. The lowest BCUT2D eigenvalue weighted by atomic mass is 10.1. The van der Waals surface area contributed by atoms with Crippen molar-refractivity contribution >= 4 is 28.5 Å². The number of ketones is 1. The third-order valence-electron chi connectivity index (χ3n) is 5.22. The normalized spacial score (nSPS) is 16.7. The smallest absolute Gasteiger partial charge is 0.297 e. The Morgan fingerprint density at radius 2 is 1.62 bits per heavy atom. The van der Waals surface area contributed by atoms with Crippen LogP contribution in [0.4, 0.5) is 0 Å². The number of piperazine rings is 1. The first-order valence-corrected chi connectivity index (χ1v) is 9.60. The van der Waals surface area contributed by atoms with E-state index in [1.807, 2.05) is 49.4 Å². The summed E-state index contributed by atoms with van der Waals surface area (Å²) < 4.78 is 0. The van der Waals surface area contributed by atoms with Gasteiger partial charge in [-0.05, 0) is 31.2 Å². The largest absolute Gasteiger partial charge is 0.335 e. The Balaban J connectivity index is 1.46. The average Bonchev–Trinajstić information content (AvgIpc) is 2.77. The van der Waals surface area contributed by atoms with Crippen molar-refractivity contribution < 1.29 is 14.4 Å². The Kier molecular flexibility index (Phi) is 5.08. The number of nitrogens with zero attached hydrogens (tertiary/aromatic N) is 3. The minimum atomic E-state index is -0.620. The van der Waals surface area contributed by atoms with Gasteiger partial charge in [-0.15, -0.1) is 0 Å². The predicted molar refractivity (Wildman–Crippen MR) is 110 cm³/mol. The number of hydrogen-bond donors (Lipinski definition) is 0. The van der Waals surface area contributed by atoms with Crippen molar-refractivity contribution in [3.05, 3.63) is 78.0 Å². The van der Waals surface area contributed by atoms with Crippen LogP contribution in [-0.2, 0) is 4.79 Å². The van der Waals surface area contributed by atoms with Crippen LogP contribution in [0.5, 0.6) is 0 Å². The molecule has 1 saturated heterocycles. The van der Waals surface area contributed by atoms with Gasteiger partial charge >= 0.3 is 0 Å². The molecule has 0 saturated carbocycles. The van der Waals surface area contributed by atoms with Gasteiger partial charge in [-0.25, -0.2) is 4.98 Å². The van der Waals surface area contributed by atoms with Crippen LogP contribution in [0.15, 0.2) is 66.7 Å². The summed E-state index contributed by atoms with van der Waals surface area (Å²) in [7, 11) is 0. The summed E-state index contributed by atoms with van der Waals surface area (Å²) in [5.74, 6) is -1.26. The van der Waals surface area contributed by atoms with Gasteiger partial charge in [0, 0.05) is 36.6 Å². The summed E-state index contributed by atoms with van der Waals surface area (Å²) in [4.78, 5) is 45.8. The molecule has 0 unspecified atom stereocenters. The molecule has 1 fully saturated rings. The van der Waals surface area contributed by atoms with E-state index in [-0.39, 0.29) is 17.6 Å². The van der Waals surface area contributed by atoms with Crippen molar-refractivity contribution in [3.8, 4) is 0 Å². The van der Waals surface area contributed by atoms with E-state index in [4.69, 9.17) is 0 Å². The third kappa shape index (κ3) is 3.74. The van der Waals surface area contributed by atoms with Crippen LogP contribution in [0.1, 0.15) is 27.8 Å². The second-order valence-corrected chi connectivity index (χ2v) is 7.18. The molecule has 0 bridgehead atoms. The SMILES string of the molecule is C[C@H]1CN(C(=O)c2ccccc2)CCN1C(=O)C(=O)c1ccc2ccccc2n1. The van der Waals surface area contributed by atoms with E-state index in [9.17, 15) is 14.4 Å². The van der Waals surface area contributed by atoms with Crippen LogP contribution < -0.4 is 0 Å². The molecule has 1 atom stereocenters. The molecule has 0 aliphatic carbocycles. The molecular weight excluding hydrogens is 366 g/mol. The first-order valence-electron chi connectivity index (χ1n) is 9.60. The third-order valence-corrected chi connectivity index (χ3v) is 5.22. The van der Waals surface area contributed by atoms with Crippen molar-refractivity contribution in [2.24, 2.45) is 0 Å². The molecule has 1 aromatic heterocycles. The first-order chi connectivity index (χ1) is 14.0. The molecule has 0 N–H and O–H groups in total. The summed E-state index contributed by atoms with van der Waals surface area (Å²) in [6.07, 6.45) is 0. The maximum atomic E-state index is 12.8. The minimum absolute atomic E-state index is 0.0629. The number of pyridine rings is 1. The summed E-state index contributed by atoms with van der Waals surface area (Å²) in [5.41, 5.74) is 1.44. The number of carbonyl (C=O) groups is 3. The topological polar surface area (TPSA) is 70.6 Å². The average molecular weight is 387 g/mol. The summed E-state index contributed by atoms with van der Waals surface area (Å²) in [5, 5.41) is 0.915. The zero-order valence-electron chi connectivity index (χ0n) is 16.1. The number of rotatable bonds is 3. The number of amides is 2. The van der Waals surface area contributed by atoms with Crippen molar-refractivity contribution in [1.82, 2.24) is 14.8 Å².